The average molecular weight is 315 g/mol. The van der Waals surface area contributed by atoms with Gasteiger partial charge in [-0.25, -0.2) is 0 Å². The Morgan fingerprint density at radius 1 is 1.18 bits per heavy atom. The molecule has 0 aliphatic heterocycles. The fourth-order valence-electron chi connectivity index (χ4n) is 1.88. The highest BCUT2D eigenvalue weighted by Gasteiger charge is 2.17. The molecule has 0 bridgehead atoms. The summed E-state index contributed by atoms with van der Waals surface area (Å²) in [5.74, 6) is -0.618. The summed E-state index contributed by atoms with van der Waals surface area (Å²) in [6.07, 6.45) is 1.65. The van der Waals surface area contributed by atoms with Gasteiger partial charge in [-0.05, 0) is 24.6 Å². The molecule has 0 aliphatic rings. The van der Waals surface area contributed by atoms with Gasteiger partial charge in [0.05, 0.1) is 5.56 Å². The predicted molar refractivity (Wildman–Crippen MR) is 86.8 cm³/mol. The van der Waals surface area contributed by atoms with E-state index in [4.69, 9.17) is 12.2 Å². The Balaban J connectivity index is 1.90. The van der Waals surface area contributed by atoms with Crippen molar-refractivity contribution in [3.05, 3.63) is 64.4 Å². The summed E-state index contributed by atoms with van der Waals surface area (Å²) in [6, 6.07) is 12.2. The smallest absolute Gasteiger partial charge is 0.254 e. The second-order valence-electron chi connectivity index (χ2n) is 4.81. The van der Waals surface area contributed by atoms with E-state index < -0.39 is 6.04 Å². The van der Waals surface area contributed by atoms with E-state index in [1.165, 1.54) is 0 Å². The maximum absolute atomic E-state index is 12.1. The molecule has 22 heavy (non-hydrogen) atoms. The first-order chi connectivity index (χ1) is 10.6. The molecule has 2 rings (SSSR count). The standard InChI is InChI=1S/C16H17N3O2S/c1-11(14(20)18-10-12-6-3-2-4-7-12)19-15(21)13-8-5-9-17-16(13)22/h2-9,11H,10H2,1H3,(H,17,22)(H,18,20)(H,19,21)/t11-/m1/s1. The number of carbonyl (C=O) groups is 2. The maximum Gasteiger partial charge on any atom is 0.254 e. The highest BCUT2D eigenvalue weighted by molar-refractivity contribution is 7.71. The van der Waals surface area contributed by atoms with E-state index in [0.717, 1.165) is 5.56 Å². The van der Waals surface area contributed by atoms with Crippen molar-refractivity contribution in [2.75, 3.05) is 0 Å². The van der Waals surface area contributed by atoms with Crippen LogP contribution in [0.25, 0.3) is 0 Å². The number of aromatic nitrogens is 1. The Labute approximate surface area is 133 Å². The molecule has 2 aromatic rings. The Morgan fingerprint density at radius 2 is 1.91 bits per heavy atom. The van der Waals surface area contributed by atoms with Gasteiger partial charge in [0.15, 0.2) is 0 Å². The van der Waals surface area contributed by atoms with Crippen LogP contribution in [0.2, 0.25) is 0 Å². The van der Waals surface area contributed by atoms with Crippen LogP contribution in [0, 0.1) is 4.64 Å². The third-order valence-corrected chi connectivity index (χ3v) is 3.45. The summed E-state index contributed by atoms with van der Waals surface area (Å²) in [4.78, 5) is 26.9. The molecule has 0 fully saturated rings. The van der Waals surface area contributed by atoms with Crippen LogP contribution in [0.1, 0.15) is 22.8 Å². The van der Waals surface area contributed by atoms with E-state index in [9.17, 15) is 9.59 Å². The monoisotopic (exact) mass is 315 g/mol. The van der Waals surface area contributed by atoms with Crippen molar-refractivity contribution in [3.63, 3.8) is 0 Å². The summed E-state index contributed by atoms with van der Waals surface area (Å²) in [6.45, 7) is 2.05. The van der Waals surface area contributed by atoms with Gasteiger partial charge in [0, 0.05) is 12.7 Å². The van der Waals surface area contributed by atoms with Crippen molar-refractivity contribution in [1.82, 2.24) is 15.6 Å². The minimum Gasteiger partial charge on any atom is -0.352 e. The van der Waals surface area contributed by atoms with E-state index in [0.29, 0.717) is 16.7 Å². The number of benzene rings is 1. The molecule has 1 aromatic carbocycles. The minimum absolute atomic E-state index is 0.247. The first-order valence-electron chi connectivity index (χ1n) is 6.88. The molecular formula is C16H17N3O2S. The van der Waals surface area contributed by atoms with Gasteiger partial charge in [0.25, 0.3) is 5.91 Å². The molecule has 0 saturated carbocycles. The van der Waals surface area contributed by atoms with Crippen molar-refractivity contribution in [1.29, 1.82) is 0 Å². The van der Waals surface area contributed by atoms with Gasteiger partial charge in [-0.3, -0.25) is 9.59 Å². The number of aromatic amines is 1. The van der Waals surface area contributed by atoms with E-state index >= 15 is 0 Å². The summed E-state index contributed by atoms with van der Waals surface area (Å²) >= 11 is 5.04. The van der Waals surface area contributed by atoms with Gasteiger partial charge in [-0.15, -0.1) is 0 Å². The van der Waals surface area contributed by atoms with E-state index in [2.05, 4.69) is 15.6 Å². The lowest BCUT2D eigenvalue weighted by Gasteiger charge is -2.14. The van der Waals surface area contributed by atoms with E-state index in [-0.39, 0.29) is 11.8 Å². The summed E-state index contributed by atoms with van der Waals surface area (Å²) in [5.41, 5.74) is 1.35. The average Bonchev–Trinajstić information content (AvgIpc) is 2.53. The Bertz CT molecular complexity index is 713. The van der Waals surface area contributed by atoms with Crippen LogP contribution >= 0.6 is 12.2 Å². The third kappa shape index (κ3) is 4.26. The zero-order chi connectivity index (χ0) is 15.9. The zero-order valence-corrected chi connectivity index (χ0v) is 12.9. The molecule has 0 aliphatic carbocycles. The topological polar surface area (TPSA) is 74.0 Å². The number of amides is 2. The first-order valence-corrected chi connectivity index (χ1v) is 7.29. The predicted octanol–water partition coefficient (Wildman–Crippen LogP) is 2.18. The Hall–Kier alpha value is -2.47. The van der Waals surface area contributed by atoms with Crippen molar-refractivity contribution < 1.29 is 9.59 Å². The highest BCUT2D eigenvalue weighted by Crippen LogP contribution is 2.01. The number of rotatable bonds is 5. The fourth-order valence-corrected chi connectivity index (χ4v) is 2.11. The Kier molecular flexibility index (Phi) is 5.43. The van der Waals surface area contributed by atoms with Gasteiger partial charge in [0.1, 0.15) is 10.7 Å². The minimum atomic E-state index is -0.647. The zero-order valence-electron chi connectivity index (χ0n) is 12.1. The quantitative estimate of drug-likeness (QED) is 0.740. The highest BCUT2D eigenvalue weighted by atomic mass is 32.1. The molecule has 1 aromatic heterocycles. The summed E-state index contributed by atoms with van der Waals surface area (Å²) < 4.78 is 0.344. The van der Waals surface area contributed by atoms with Crippen molar-refractivity contribution in [3.8, 4) is 0 Å². The molecule has 0 spiro atoms. The molecule has 5 nitrogen and oxygen atoms in total. The Morgan fingerprint density at radius 3 is 2.59 bits per heavy atom. The normalized spacial score (nSPS) is 11.5. The van der Waals surface area contributed by atoms with Gasteiger partial charge in [0.2, 0.25) is 5.91 Å². The summed E-state index contributed by atoms with van der Waals surface area (Å²) in [5, 5.41) is 5.42. The molecule has 0 radical (unpaired) electrons. The van der Waals surface area contributed by atoms with E-state index in [1.54, 1.807) is 25.3 Å². The van der Waals surface area contributed by atoms with Crippen molar-refractivity contribution >= 4 is 24.0 Å². The molecule has 1 heterocycles. The molecule has 2 amide bonds. The molecule has 114 valence electrons. The molecule has 1 atom stereocenters. The van der Waals surface area contributed by atoms with Gasteiger partial charge >= 0.3 is 0 Å². The van der Waals surface area contributed by atoms with Crippen LogP contribution in [0.15, 0.2) is 48.7 Å². The first kappa shape index (κ1) is 15.9. The molecule has 0 unspecified atom stereocenters. The van der Waals surface area contributed by atoms with Gasteiger partial charge in [-0.1, -0.05) is 42.5 Å². The number of pyridine rings is 1. The van der Waals surface area contributed by atoms with E-state index in [1.807, 2.05) is 30.3 Å². The van der Waals surface area contributed by atoms with Crippen LogP contribution in [0.5, 0.6) is 0 Å². The third-order valence-electron chi connectivity index (χ3n) is 3.11. The molecule has 3 N–H and O–H groups in total. The van der Waals surface area contributed by atoms with Crippen LogP contribution in [-0.4, -0.2) is 22.8 Å². The van der Waals surface area contributed by atoms with Crippen molar-refractivity contribution in [2.24, 2.45) is 0 Å². The second-order valence-corrected chi connectivity index (χ2v) is 5.22. The second kappa shape index (κ2) is 7.51. The van der Waals surface area contributed by atoms with Crippen LogP contribution in [-0.2, 0) is 11.3 Å². The van der Waals surface area contributed by atoms with Gasteiger partial charge < -0.3 is 15.6 Å². The number of H-pyrrole nitrogens is 1. The molecule has 6 heteroatoms. The molecule has 0 saturated heterocycles. The number of hydrogen-bond donors (Lipinski definition) is 3. The lowest BCUT2D eigenvalue weighted by molar-refractivity contribution is -0.122. The van der Waals surface area contributed by atoms with Crippen LogP contribution in [0.4, 0.5) is 0 Å². The summed E-state index contributed by atoms with van der Waals surface area (Å²) in [7, 11) is 0. The maximum atomic E-state index is 12.1. The molecular weight excluding hydrogens is 298 g/mol. The lowest BCUT2D eigenvalue weighted by Crippen LogP contribution is -2.44. The largest absolute Gasteiger partial charge is 0.352 e. The van der Waals surface area contributed by atoms with Crippen molar-refractivity contribution in [2.45, 2.75) is 19.5 Å². The number of hydrogen-bond acceptors (Lipinski definition) is 3. The number of carbonyl (C=O) groups excluding carboxylic acids is 2. The van der Waals surface area contributed by atoms with Gasteiger partial charge in [-0.2, -0.15) is 0 Å². The fraction of sp³-hybridized carbons (Fsp3) is 0.188. The number of nitrogens with one attached hydrogen (secondary N) is 3. The SMILES string of the molecule is C[C@@H](NC(=O)c1ccc[nH]c1=S)C(=O)NCc1ccccc1. The van der Waals surface area contributed by atoms with Crippen LogP contribution < -0.4 is 10.6 Å². The van der Waals surface area contributed by atoms with Crippen LogP contribution in [0.3, 0.4) is 0 Å². The lowest BCUT2D eigenvalue weighted by atomic mass is 10.2.